The molecule has 3 nitrogen and oxygen atoms in total. The van der Waals surface area contributed by atoms with Gasteiger partial charge in [-0.2, -0.15) is 0 Å². The van der Waals surface area contributed by atoms with E-state index in [1.165, 1.54) is 0 Å². The standard InChI is InChI=1S/C9H14N2O/c1-7(2)10-8-5-4-6-11(3)9(8)12/h4-7,10H,1-3H3. The fourth-order valence-electron chi connectivity index (χ4n) is 1.02. The largest absolute Gasteiger partial charge is 0.378 e. The number of nitrogens with zero attached hydrogens (tertiary/aromatic N) is 1. The Hall–Kier alpha value is -1.25. The van der Waals surface area contributed by atoms with Gasteiger partial charge < -0.3 is 9.88 Å². The van der Waals surface area contributed by atoms with Gasteiger partial charge in [0.2, 0.25) is 0 Å². The van der Waals surface area contributed by atoms with Crippen molar-refractivity contribution in [3.05, 3.63) is 28.7 Å². The topological polar surface area (TPSA) is 34.0 Å². The van der Waals surface area contributed by atoms with E-state index in [4.69, 9.17) is 0 Å². The van der Waals surface area contributed by atoms with Crippen LogP contribution in [0.2, 0.25) is 0 Å². The molecule has 1 N–H and O–H groups in total. The summed E-state index contributed by atoms with van der Waals surface area (Å²) >= 11 is 0. The molecule has 0 aliphatic heterocycles. The number of hydrogen-bond donors (Lipinski definition) is 1. The molecule has 0 fully saturated rings. The van der Waals surface area contributed by atoms with Crippen molar-refractivity contribution >= 4 is 5.69 Å². The molecule has 0 amide bonds. The lowest BCUT2D eigenvalue weighted by atomic mass is 10.3. The first kappa shape index (κ1) is 8.84. The molecule has 1 aromatic heterocycles. The van der Waals surface area contributed by atoms with Crippen LogP contribution in [0.15, 0.2) is 23.1 Å². The van der Waals surface area contributed by atoms with E-state index >= 15 is 0 Å². The third kappa shape index (κ3) is 1.87. The average molecular weight is 166 g/mol. The smallest absolute Gasteiger partial charge is 0.273 e. The van der Waals surface area contributed by atoms with Crippen LogP contribution in [-0.2, 0) is 7.05 Å². The molecule has 0 spiro atoms. The van der Waals surface area contributed by atoms with Crippen LogP contribution in [0.5, 0.6) is 0 Å². The number of nitrogens with one attached hydrogen (secondary N) is 1. The zero-order chi connectivity index (χ0) is 9.14. The average Bonchev–Trinajstić information content (AvgIpc) is 1.98. The van der Waals surface area contributed by atoms with Gasteiger partial charge in [0.05, 0.1) is 0 Å². The van der Waals surface area contributed by atoms with Crippen molar-refractivity contribution in [2.45, 2.75) is 19.9 Å². The summed E-state index contributed by atoms with van der Waals surface area (Å²) in [4.78, 5) is 11.4. The SMILES string of the molecule is CC(C)Nc1cccn(C)c1=O. The van der Waals surface area contributed by atoms with Crippen molar-refractivity contribution < 1.29 is 0 Å². The van der Waals surface area contributed by atoms with E-state index < -0.39 is 0 Å². The van der Waals surface area contributed by atoms with Crippen molar-refractivity contribution in [1.82, 2.24) is 4.57 Å². The third-order valence-electron chi connectivity index (χ3n) is 1.57. The van der Waals surface area contributed by atoms with Crippen LogP contribution in [-0.4, -0.2) is 10.6 Å². The van der Waals surface area contributed by atoms with E-state index in [9.17, 15) is 4.79 Å². The Balaban J connectivity index is 3.01. The number of anilines is 1. The molecule has 12 heavy (non-hydrogen) atoms. The Morgan fingerprint density at radius 2 is 2.17 bits per heavy atom. The maximum absolute atomic E-state index is 11.4. The van der Waals surface area contributed by atoms with E-state index in [0.717, 1.165) is 0 Å². The fraction of sp³-hybridized carbons (Fsp3) is 0.444. The van der Waals surface area contributed by atoms with Crippen molar-refractivity contribution in [3.63, 3.8) is 0 Å². The van der Waals surface area contributed by atoms with E-state index in [0.29, 0.717) is 11.7 Å². The van der Waals surface area contributed by atoms with E-state index in [1.54, 1.807) is 23.9 Å². The van der Waals surface area contributed by atoms with Crippen LogP contribution >= 0.6 is 0 Å². The van der Waals surface area contributed by atoms with Gasteiger partial charge in [0.25, 0.3) is 5.56 Å². The zero-order valence-electron chi connectivity index (χ0n) is 7.66. The second-order valence-corrected chi connectivity index (χ2v) is 3.14. The maximum Gasteiger partial charge on any atom is 0.273 e. The van der Waals surface area contributed by atoms with Crippen LogP contribution in [0.3, 0.4) is 0 Å². The molecule has 1 aromatic rings. The second kappa shape index (κ2) is 3.43. The summed E-state index contributed by atoms with van der Waals surface area (Å²) in [5.41, 5.74) is 0.682. The summed E-state index contributed by atoms with van der Waals surface area (Å²) in [6.07, 6.45) is 1.74. The Labute approximate surface area is 72.0 Å². The molecule has 0 radical (unpaired) electrons. The van der Waals surface area contributed by atoms with Crippen molar-refractivity contribution in [1.29, 1.82) is 0 Å². The highest BCUT2D eigenvalue weighted by molar-refractivity contribution is 5.40. The second-order valence-electron chi connectivity index (χ2n) is 3.14. The van der Waals surface area contributed by atoms with Gasteiger partial charge in [-0.1, -0.05) is 0 Å². The highest BCUT2D eigenvalue weighted by Gasteiger charge is 2.00. The third-order valence-corrected chi connectivity index (χ3v) is 1.57. The lowest BCUT2D eigenvalue weighted by molar-refractivity contribution is 0.840. The first-order valence-electron chi connectivity index (χ1n) is 4.03. The molecule has 0 aliphatic carbocycles. The summed E-state index contributed by atoms with van der Waals surface area (Å²) in [7, 11) is 1.74. The first-order valence-corrected chi connectivity index (χ1v) is 4.03. The van der Waals surface area contributed by atoms with Gasteiger partial charge in [-0.05, 0) is 26.0 Å². The minimum absolute atomic E-state index is 0.0196. The Bertz CT molecular complexity index is 315. The summed E-state index contributed by atoms with van der Waals surface area (Å²) in [6.45, 7) is 4.01. The summed E-state index contributed by atoms with van der Waals surface area (Å²) < 4.78 is 1.56. The van der Waals surface area contributed by atoms with Gasteiger partial charge in [-0.15, -0.1) is 0 Å². The van der Waals surface area contributed by atoms with Gasteiger partial charge in [-0.25, -0.2) is 0 Å². The molecule has 0 bridgehead atoms. The minimum atomic E-state index is 0.0196. The summed E-state index contributed by atoms with van der Waals surface area (Å²) in [5, 5.41) is 3.08. The Kier molecular flexibility index (Phi) is 2.53. The number of aryl methyl sites for hydroxylation is 1. The van der Waals surface area contributed by atoms with Gasteiger partial charge in [-0.3, -0.25) is 4.79 Å². The highest BCUT2D eigenvalue weighted by atomic mass is 16.1. The quantitative estimate of drug-likeness (QED) is 0.716. The van der Waals surface area contributed by atoms with Crippen LogP contribution in [0.4, 0.5) is 5.69 Å². The number of pyridine rings is 1. The van der Waals surface area contributed by atoms with Crippen molar-refractivity contribution in [3.8, 4) is 0 Å². The van der Waals surface area contributed by atoms with Crippen molar-refractivity contribution in [2.75, 3.05) is 5.32 Å². The van der Waals surface area contributed by atoms with Crippen LogP contribution in [0.1, 0.15) is 13.8 Å². The molecule has 66 valence electrons. The highest BCUT2D eigenvalue weighted by Crippen LogP contribution is 1.99. The minimum Gasteiger partial charge on any atom is -0.378 e. The summed E-state index contributed by atoms with van der Waals surface area (Å²) in [6, 6.07) is 3.94. The van der Waals surface area contributed by atoms with E-state index in [2.05, 4.69) is 5.32 Å². The van der Waals surface area contributed by atoms with Crippen molar-refractivity contribution in [2.24, 2.45) is 7.05 Å². The molecule has 1 rings (SSSR count). The number of rotatable bonds is 2. The molecule has 0 aromatic carbocycles. The van der Waals surface area contributed by atoms with Gasteiger partial charge in [0.15, 0.2) is 0 Å². The lowest BCUT2D eigenvalue weighted by Crippen LogP contribution is -2.23. The van der Waals surface area contributed by atoms with Crippen LogP contribution in [0, 0.1) is 0 Å². The molecule has 0 atom stereocenters. The molecular weight excluding hydrogens is 152 g/mol. The number of aromatic nitrogens is 1. The van der Waals surface area contributed by atoms with E-state index in [1.807, 2.05) is 19.9 Å². The molecule has 0 saturated carbocycles. The van der Waals surface area contributed by atoms with Gasteiger partial charge >= 0.3 is 0 Å². The van der Waals surface area contributed by atoms with E-state index in [-0.39, 0.29) is 5.56 Å². The molecule has 3 heteroatoms. The van der Waals surface area contributed by atoms with Crippen LogP contribution in [0.25, 0.3) is 0 Å². The first-order chi connectivity index (χ1) is 5.61. The molecule has 0 aliphatic rings. The van der Waals surface area contributed by atoms with Gasteiger partial charge in [0, 0.05) is 19.3 Å². The predicted octanol–water partition coefficient (Wildman–Crippen LogP) is 1.21. The number of hydrogen-bond acceptors (Lipinski definition) is 2. The van der Waals surface area contributed by atoms with Crippen LogP contribution < -0.4 is 10.9 Å². The fourth-order valence-corrected chi connectivity index (χ4v) is 1.02. The normalized spacial score (nSPS) is 10.3. The molecular formula is C9H14N2O. The van der Waals surface area contributed by atoms with Gasteiger partial charge in [0.1, 0.15) is 5.69 Å². The molecule has 0 saturated heterocycles. The maximum atomic E-state index is 11.4. The molecule has 1 heterocycles. The summed E-state index contributed by atoms with van der Waals surface area (Å²) in [5.74, 6) is 0. The Morgan fingerprint density at radius 1 is 1.50 bits per heavy atom. The predicted molar refractivity (Wildman–Crippen MR) is 50.4 cm³/mol. The monoisotopic (exact) mass is 166 g/mol. The Morgan fingerprint density at radius 3 is 2.75 bits per heavy atom. The molecule has 0 unspecified atom stereocenters. The lowest BCUT2D eigenvalue weighted by Gasteiger charge is -2.09. The zero-order valence-corrected chi connectivity index (χ0v) is 7.66.